The molecule has 33 heavy (non-hydrogen) atoms. The Hall–Kier alpha value is -3.38. The fourth-order valence-corrected chi connectivity index (χ4v) is 4.27. The van der Waals surface area contributed by atoms with Crippen LogP contribution in [0.5, 0.6) is 5.75 Å². The molecule has 0 saturated carbocycles. The van der Waals surface area contributed by atoms with Gasteiger partial charge in [0.1, 0.15) is 11.3 Å². The number of pyridine rings is 1. The van der Waals surface area contributed by atoms with E-state index in [1.165, 1.54) is 10.6 Å². The van der Waals surface area contributed by atoms with Gasteiger partial charge in [-0.2, -0.15) is 0 Å². The predicted molar refractivity (Wildman–Crippen MR) is 129 cm³/mol. The molecule has 1 aromatic heterocycles. The van der Waals surface area contributed by atoms with Gasteiger partial charge in [-0.3, -0.25) is 19.0 Å². The zero-order valence-electron chi connectivity index (χ0n) is 18.8. The van der Waals surface area contributed by atoms with Gasteiger partial charge in [-0.15, -0.1) is 0 Å². The van der Waals surface area contributed by atoms with Gasteiger partial charge in [0.2, 0.25) is 0 Å². The summed E-state index contributed by atoms with van der Waals surface area (Å²) in [4.78, 5) is 39.7. The Labute approximate surface area is 197 Å². The van der Waals surface area contributed by atoms with Crippen molar-refractivity contribution in [3.05, 3.63) is 86.8 Å². The second-order valence-corrected chi connectivity index (χ2v) is 9.32. The van der Waals surface area contributed by atoms with Crippen LogP contribution in [0.15, 0.2) is 59.4 Å². The van der Waals surface area contributed by atoms with Crippen molar-refractivity contribution in [2.24, 2.45) is 5.41 Å². The van der Waals surface area contributed by atoms with Crippen LogP contribution in [-0.4, -0.2) is 22.9 Å². The van der Waals surface area contributed by atoms with Crippen molar-refractivity contribution in [3.8, 4) is 11.4 Å². The number of rotatable bonds is 5. The smallest absolute Gasteiger partial charge is 0.268 e. The number of fused-ring (bicyclic) bond motifs is 1. The summed E-state index contributed by atoms with van der Waals surface area (Å²) in [7, 11) is 0. The number of hydrogen-bond donors (Lipinski definition) is 1. The van der Waals surface area contributed by atoms with Gasteiger partial charge in [0.25, 0.3) is 11.5 Å². The van der Waals surface area contributed by atoms with Gasteiger partial charge in [-0.1, -0.05) is 25.4 Å². The molecule has 1 aliphatic carbocycles. The molecule has 0 saturated heterocycles. The number of amides is 1. The fraction of sp³-hybridized carbons (Fsp3) is 0.269. The van der Waals surface area contributed by atoms with Crippen molar-refractivity contribution in [3.63, 3.8) is 0 Å². The fourth-order valence-electron chi connectivity index (χ4n) is 4.14. The zero-order chi connectivity index (χ0) is 23.8. The van der Waals surface area contributed by atoms with Gasteiger partial charge < -0.3 is 10.1 Å². The number of anilines is 1. The summed E-state index contributed by atoms with van der Waals surface area (Å²) in [6, 6.07) is 15.1. The van der Waals surface area contributed by atoms with Gasteiger partial charge in [0, 0.05) is 34.1 Å². The molecule has 0 bridgehead atoms. The summed E-state index contributed by atoms with van der Waals surface area (Å²) in [5, 5.41) is 3.28. The molecule has 0 spiro atoms. The molecule has 4 rings (SSSR count). The van der Waals surface area contributed by atoms with Gasteiger partial charge in [-0.25, -0.2) is 0 Å². The minimum atomic E-state index is -0.577. The quantitative estimate of drug-likeness (QED) is 0.556. The third kappa shape index (κ3) is 4.71. The van der Waals surface area contributed by atoms with Crippen molar-refractivity contribution in [1.29, 1.82) is 0 Å². The molecule has 6 nitrogen and oxygen atoms in total. The summed E-state index contributed by atoms with van der Waals surface area (Å²) in [6.45, 7) is 6.42. The molecular weight excluding hydrogens is 440 g/mol. The van der Waals surface area contributed by atoms with E-state index in [0.717, 1.165) is 0 Å². The van der Waals surface area contributed by atoms with Crippen molar-refractivity contribution in [2.45, 2.75) is 33.6 Å². The lowest BCUT2D eigenvalue weighted by atomic mass is 9.75. The molecule has 1 amide bonds. The Morgan fingerprint density at radius 3 is 2.36 bits per heavy atom. The maximum atomic E-state index is 13.6. The second kappa shape index (κ2) is 8.87. The van der Waals surface area contributed by atoms with Crippen LogP contribution in [0, 0.1) is 5.41 Å². The van der Waals surface area contributed by atoms with E-state index in [2.05, 4.69) is 5.32 Å². The highest BCUT2D eigenvalue weighted by Gasteiger charge is 2.35. The van der Waals surface area contributed by atoms with Crippen LogP contribution < -0.4 is 15.6 Å². The Balaban J connectivity index is 1.81. The van der Waals surface area contributed by atoms with E-state index in [4.69, 9.17) is 16.3 Å². The molecule has 170 valence electrons. The molecule has 0 radical (unpaired) electrons. The van der Waals surface area contributed by atoms with Crippen LogP contribution in [0.1, 0.15) is 53.6 Å². The topological polar surface area (TPSA) is 77.4 Å². The Kier molecular flexibility index (Phi) is 6.13. The molecule has 0 aliphatic heterocycles. The molecular formula is C26H25ClN2O4. The maximum absolute atomic E-state index is 13.6. The number of benzene rings is 2. The van der Waals surface area contributed by atoms with Gasteiger partial charge in [0.15, 0.2) is 5.78 Å². The molecule has 0 fully saturated rings. The third-order valence-corrected chi connectivity index (χ3v) is 5.89. The van der Waals surface area contributed by atoms with E-state index in [1.54, 1.807) is 48.5 Å². The number of carbonyl (C=O) groups excluding carboxylic acids is 2. The van der Waals surface area contributed by atoms with E-state index in [9.17, 15) is 14.4 Å². The van der Waals surface area contributed by atoms with Gasteiger partial charge in [-0.05, 0) is 73.4 Å². The lowest BCUT2D eigenvalue weighted by Crippen LogP contribution is -2.37. The first-order valence-corrected chi connectivity index (χ1v) is 11.2. The summed E-state index contributed by atoms with van der Waals surface area (Å²) >= 11 is 6.04. The number of carbonyl (C=O) groups is 2. The van der Waals surface area contributed by atoms with Crippen molar-refractivity contribution >= 4 is 29.0 Å². The average Bonchev–Trinajstić information content (AvgIpc) is 2.75. The molecule has 2 aromatic carbocycles. The first kappa shape index (κ1) is 22.8. The molecule has 1 heterocycles. The largest absolute Gasteiger partial charge is 0.494 e. The molecule has 3 aromatic rings. The van der Waals surface area contributed by atoms with Crippen LogP contribution in [0.25, 0.3) is 5.69 Å². The predicted octanol–water partition coefficient (Wildman–Crippen LogP) is 5.30. The second-order valence-electron chi connectivity index (χ2n) is 8.89. The molecule has 1 N–H and O–H groups in total. The van der Waals surface area contributed by atoms with E-state index in [-0.39, 0.29) is 16.8 Å². The summed E-state index contributed by atoms with van der Waals surface area (Å²) in [6.07, 6.45) is 0.880. The normalized spacial score (nSPS) is 14.5. The maximum Gasteiger partial charge on any atom is 0.268 e. The minimum absolute atomic E-state index is 0.0842. The minimum Gasteiger partial charge on any atom is -0.494 e. The Morgan fingerprint density at radius 1 is 1.06 bits per heavy atom. The SMILES string of the molecule is CCOc1ccc(NC(=O)c2cc3c(n(-c4ccc(Cl)cc4)c2=O)CC(C)(C)CC3=O)cc1. The van der Waals surface area contributed by atoms with E-state index >= 15 is 0 Å². The number of ketones is 1. The Bertz CT molecular complexity index is 1280. The highest BCUT2D eigenvalue weighted by atomic mass is 35.5. The lowest BCUT2D eigenvalue weighted by molar-refractivity contribution is 0.0909. The first-order chi connectivity index (χ1) is 15.7. The Morgan fingerprint density at radius 2 is 1.73 bits per heavy atom. The van der Waals surface area contributed by atoms with Crippen LogP contribution in [0.4, 0.5) is 5.69 Å². The highest BCUT2D eigenvalue weighted by molar-refractivity contribution is 6.30. The number of nitrogens with one attached hydrogen (secondary N) is 1. The number of ether oxygens (including phenoxy) is 1. The summed E-state index contributed by atoms with van der Waals surface area (Å²) in [5.41, 5.74) is 1.22. The summed E-state index contributed by atoms with van der Waals surface area (Å²) < 4.78 is 6.89. The highest BCUT2D eigenvalue weighted by Crippen LogP contribution is 2.35. The van der Waals surface area contributed by atoms with Crippen LogP contribution in [0.3, 0.4) is 0 Å². The zero-order valence-corrected chi connectivity index (χ0v) is 19.5. The van der Waals surface area contributed by atoms with E-state index in [1.807, 2.05) is 20.8 Å². The monoisotopic (exact) mass is 464 g/mol. The van der Waals surface area contributed by atoms with Crippen molar-refractivity contribution in [1.82, 2.24) is 4.57 Å². The lowest BCUT2D eigenvalue weighted by Gasteiger charge is -2.32. The van der Waals surface area contributed by atoms with E-state index in [0.29, 0.717) is 52.9 Å². The number of nitrogens with zero attached hydrogens (tertiary/aromatic N) is 1. The molecule has 1 aliphatic rings. The first-order valence-electron chi connectivity index (χ1n) is 10.8. The standard InChI is InChI=1S/C26H25ClN2O4/c1-4-33-19-11-7-17(8-12-19)28-24(31)21-13-20-22(14-26(2,3)15-23(20)30)29(25(21)32)18-9-5-16(27)6-10-18/h5-13H,4,14-15H2,1-3H3,(H,28,31). The van der Waals surface area contributed by atoms with Crippen molar-refractivity contribution < 1.29 is 14.3 Å². The molecule has 0 atom stereocenters. The number of hydrogen-bond acceptors (Lipinski definition) is 4. The van der Waals surface area contributed by atoms with Gasteiger partial charge in [0.05, 0.1) is 6.61 Å². The van der Waals surface area contributed by atoms with Gasteiger partial charge >= 0.3 is 0 Å². The van der Waals surface area contributed by atoms with Crippen LogP contribution >= 0.6 is 11.6 Å². The van der Waals surface area contributed by atoms with E-state index < -0.39 is 11.5 Å². The van der Waals surface area contributed by atoms with Crippen LogP contribution in [0.2, 0.25) is 5.02 Å². The molecule has 0 unspecified atom stereocenters. The number of Topliss-reactive ketones (excluding diaryl/α,β-unsaturated/α-hetero) is 1. The number of halogens is 1. The molecule has 7 heteroatoms. The van der Waals surface area contributed by atoms with Crippen LogP contribution in [-0.2, 0) is 6.42 Å². The third-order valence-electron chi connectivity index (χ3n) is 5.64. The average molecular weight is 465 g/mol. The number of aromatic nitrogens is 1. The van der Waals surface area contributed by atoms with Crippen molar-refractivity contribution in [2.75, 3.05) is 11.9 Å². The summed E-state index contributed by atoms with van der Waals surface area (Å²) in [5.74, 6) is 0.0222.